The minimum Gasteiger partial charge on any atom is -0.394 e. The van der Waals surface area contributed by atoms with Crippen LogP contribution in [0.4, 0.5) is 0 Å². The number of nitrogens with zero attached hydrogens (tertiary/aromatic N) is 1. The molecule has 3 saturated heterocycles. The zero-order chi connectivity index (χ0) is 29.4. The van der Waals surface area contributed by atoms with Gasteiger partial charge in [-0.2, -0.15) is 0 Å². The summed E-state index contributed by atoms with van der Waals surface area (Å²) in [6.45, 7) is -2.04. The van der Waals surface area contributed by atoms with Crippen LogP contribution >= 0.6 is 0 Å². The van der Waals surface area contributed by atoms with Gasteiger partial charge in [0.05, 0.1) is 31.3 Å². The van der Waals surface area contributed by atoms with Crippen molar-refractivity contribution in [3.63, 3.8) is 0 Å². The van der Waals surface area contributed by atoms with Crippen molar-refractivity contribution >= 4 is 0 Å². The Morgan fingerprint density at radius 3 is 1.90 bits per heavy atom. The summed E-state index contributed by atoms with van der Waals surface area (Å²) in [7, 11) is 0. The van der Waals surface area contributed by atoms with Gasteiger partial charge in [0.15, 0.2) is 18.9 Å². The second-order valence-electron chi connectivity index (χ2n) is 9.69. The fourth-order valence-electron chi connectivity index (χ4n) is 4.67. The third kappa shape index (κ3) is 5.83. The molecule has 20 nitrogen and oxygen atoms in total. The van der Waals surface area contributed by atoms with E-state index in [1.807, 2.05) is 0 Å². The molecule has 3 heterocycles. The highest BCUT2D eigenvalue weighted by Gasteiger charge is 2.64. The summed E-state index contributed by atoms with van der Waals surface area (Å²) in [4.78, 5) is 15.4. The summed E-state index contributed by atoms with van der Waals surface area (Å²) in [5.41, 5.74) is 15.0. The van der Waals surface area contributed by atoms with Crippen molar-refractivity contribution in [3.8, 4) is 0 Å². The zero-order valence-corrected chi connectivity index (χ0v) is 20.6. The number of hydrogen-bond donors (Lipinski definition) is 11. The largest absolute Gasteiger partial charge is 0.394 e. The van der Waals surface area contributed by atoms with Crippen molar-refractivity contribution in [2.24, 2.45) is 17.2 Å². The van der Waals surface area contributed by atoms with Crippen molar-refractivity contribution in [3.05, 3.63) is 10.1 Å². The Morgan fingerprint density at radius 1 is 0.872 bits per heavy atom. The van der Waals surface area contributed by atoms with Gasteiger partial charge in [0, 0.05) is 0 Å². The van der Waals surface area contributed by atoms with Crippen LogP contribution in [0.3, 0.4) is 0 Å². The SMILES string of the molecule is C[C@]1(O)[C@H](O)[C@@H](N)[C@@H](OC2[C@@H](CO)O[C@@H](OC3[C@@H](CO)O[C@@H](O)[C@H](N)[C@H]3O)[C@H](N)[C@H]2O)O[C@]1(CO)O[N+](=O)[O-]. The molecule has 0 aliphatic carbocycles. The molecular formula is C19H36N4O16. The number of aliphatic hydroxyl groups is 8. The van der Waals surface area contributed by atoms with Crippen molar-refractivity contribution < 1.29 is 74.5 Å². The Hall–Kier alpha value is -1.44. The summed E-state index contributed by atoms with van der Waals surface area (Å²) < 4.78 is 27.2. The molecule has 0 spiro atoms. The lowest BCUT2D eigenvalue weighted by atomic mass is 9.82. The molecule has 0 bridgehead atoms. The Bertz CT molecular complexity index is 839. The highest BCUT2D eigenvalue weighted by molar-refractivity contribution is 5.06. The van der Waals surface area contributed by atoms with Crippen LogP contribution in [-0.2, 0) is 28.5 Å². The molecule has 0 aromatic carbocycles. The molecule has 0 saturated carbocycles. The van der Waals surface area contributed by atoms with E-state index in [9.17, 15) is 51.0 Å². The molecule has 3 rings (SSSR count). The predicted molar refractivity (Wildman–Crippen MR) is 119 cm³/mol. The molecule has 0 radical (unpaired) electrons. The first-order valence-corrected chi connectivity index (χ1v) is 11.8. The summed E-state index contributed by atoms with van der Waals surface area (Å²) in [6.07, 6.45) is -16.2. The third-order valence-electron chi connectivity index (χ3n) is 7.17. The van der Waals surface area contributed by atoms with E-state index >= 15 is 0 Å². The van der Waals surface area contributed by atoms with E-state index in [4.69, 9.17) is 40.9 Å². The number of ether oxygens (including phenoxy) is 5. The number of nitrogens with two attached hydrogens (primary N) is 3. The number of aliphatic hydroxyl groups excluding tert-OH is 7. The van der Waals surface area contributed by atoms with Gasteiger partial charge in [0.2, 0.25) is 0 Å². The van der Waals surface area contributed by atoms with Gasteiger partial charge in [-0.1, -0.05) is 0 Å². The quantitative estimate of drug-likeness (QED) is 0.0896. The molecule has 3 aliphatic rings. The van der Waals surface area contributed by atoms with Crippen LogP contribution in [0, 0.1) is 10.1 Å². The maximum Gasteiger partial charge on any atom is 0.297 e. The van der Waals surface area contributed by atoms with Crippen molar-refractivity contribution in [1.29, 1.82) is 0 Å². The maximum atomic E-state index is 11.0. The summed E-state index contributed by atoms with van der Waals surface area (Å²) in [5.74, 6) is -2.88. The van der Waals surface area contributed by atoms with E-state index in [-0.39, 0.29) is 0 Å². The van der Waals surface area contributed by atoms with Crippen molar-refractivity contribution in [1.82, 2.24) is 0 Å². The molecule has 20 heteroatoms. The van der Waals surface area contributed by atoms with Crippen LogP contribution < -0.4 is 17.2 Å². The highest BCUT2D eigenvalue weighted by atomic mass is 17.0. The van der Waals surface area contributed by atoms with Gasteiger partial charge in [-0.15, -0.1) is 10.1 Å². The smallest absolute Gasteiger partial charge is 0.297 e. The molecule has 228 valence electrons. The van der Waals surface area contributed by atoms with Crippen LogP contribution in [0.1, 0.15) is 6.92 Å². The summed E-state index contributed by atoms with van der Waals surface area (Å²) in [6, 6.07) is -4.47. The molecular weight excluding hydrogens is 540 g/mol. The second kappa shape index (κ2) is 12.2. The van der Waals surface area contributed by atoms with Gasteiger partial charge in [-0.3, -0.25) is 4.84 Å². The van der Waals surface area contributed by atoms with Crippen LogP contribution in [0.25, 0.3) is 0 Å². The van der Waals surface area contributed by atoms with E-state index in [1.54, 1.807) is 0 Å². The standard InChI is InChI=1S/C19H36N4O16/c1-18(31)14(29)9(22)17(38-19(18,4-26)39-23(32)33)37-13-6(3-25)35-16(8(21)11(13)28)36-12-5(2-24)34-15(30)7(20)10(12)27/h5-17,24-31H,2-4,20-22H2,1H3/t5-,6-,7-,8-,9-,10-,11-,12?,13?,14-,15-,16+,17+,18+,19-/m1/s1. The van der Waals surface area contributed by atoms with Gasteiger partial charge in [-0.25, -0.2) is 0 Å². The normalized spacial score (nSPS) is 50.9. The molecule has 39 heavy (non-hydrogen) atoms. The monoisotopic (exact) mass is 576 g/mol. The van der Waals surface area contributed by atoms with Gasteiger partial charge < -0.3 is 81.7 Å². The van der Waals surface area contributed by atoms with E-state index in [1.165, 1.54) is 0 Å². The molecule has 14 N–H and O–H groups in total. The van der Waals surface area contributed by atoms with E-state index < -0.39 is 116 Å². The zero-order valence-electron chi connectivity index (χ0n) is 20.6. The average Bonchev–Trinajstić information content (AvgIpc) is 2.89. The van der Waals surface area contributed by atoms with Crippen LogP contribution in [0.5, 0.6) is 0 Å². The predicted octanol–water partition coefficient (Wildman–Crippen LogP) is -7.75. The fourth-order valence-corrected chi connectivity index (χ4v) is 4.67. The first-order valence-electron chi connectivity index (χ1n) is 11.8. The van der Waals surface area contributed by atoms with Crippen molar-refractivity contribution in [2.45, 2.75) is 98.0 Å². The average molecular weight is 577 g/mol. The minimum absolute atomic E-state index is 0.715. The second-order valence-corrected chi connectivity index (χ2v) is 9.69. The lowest BCUT2D eigenvalue weighted by Gasteiger charge is -2.53. The van der Waals surface area contributed by atoms with E-state index in [0.717, 1.165) is 6.92 Å². The van der Waals surface area contributed by atoms with Gasteiger partial charge in [-0.05, 0) is 6.92 Å². The number of rotatable bonds is 9. The first-order chi connectivity index (χ1) is 18.1. The molecule has 3 aliphatic heterocycles. The third-order valence-corrected chi connectivity index (χ3v) is 7.17. The van der Waals surface area contributed by atoms with Gasteiger partial charge >= 0.3 is 0 Å². The fraction of sp³-hybridized carbons (Fsp3) is 1.00. The molecule has 0 amide bonds. The Balaban J connectivity index is 1.80. The van der Waals surface area contributed by atoms with Gasteiger partial charge in [0.25, 0.3) is 10.9 Å². The topological polar surface area (TPSA) is 338 Å². The minimum atomic E-state index is -2.88. The summed E-state index contributed by atoms with van der Waals surface area (Å²) >= 11 is 0. The lowest BCUT2D eigenvalue weighted by molar-refractivity contribution is -0.808. The Morgan fingerprint density at radius 2 is 1.38 bits per heavy atom. The van der Waals surface area contributed by atoms with Crippen LogP contribution in [0.15, 0.2) is 0 Å². The first kappa shape index (κ1) is 32.1. The molecule has 3 fully saturated rings. The Labute approximate surface area is 220 Å². The summed E-state index contributed by atoms with van der Waals surface area (Å²) in [5, 5.41) is 91.3. The number of hydrogen-bond acceptors (Lipinski definition) is 19. The lowest BCUT2D eigenvalue weighted by Crippen LogP contribution is -2.76. The molecule has 15 atom stereocenters. The Kier molecular flexibility index (Phi) is 10.0. The van der Waals surface area contributed by atoms with Gasteiger partial charge in [0.1, 0.15) is 54.9 Å². The molecule has 0 aromatic heterocycles. The maximum absolute atomic E-state index is 11.0. The molecule has 0 aromatic rings. The van der Waals surface area contributed by atoms with Crippen LogP contribution in [-0.4, -0.2) is 157 Å². The van der Waals surface area contributed by atoms with E-state index in [0.29, 0.717) is 0 Å². The molecule has 2 unspecified atom stereocenters. The highest BCUT2D eigenvalue weighted by Crippen LogP contribution is 2.40. The van der Waals surface area contributed by atoms with Crippen molar-refractivity contribution in [2.75, 3.05) is 19.8 Å². The van der Waals surface area contributed by atoms with Crippen LogP contribution in [0.2, 0.25) is 0 Å². The van der Waals surface area contributed by atoms with E-state index in [2.05, 4.69) is 4.84 Å².